The first-order valence-electron chi connectivity index (χ1n) is 10.6. The quantitative estimate of drug-likeness (QED) is 0.207. The van der Waals surface area contributed by atoms with Crippen LogP contribution in [0.4, 0.5) is 0 Å². The van der Waals surface area contributed by atoms with Crippen LogP contribution in [0.15, 0.2) is 116 Å². The van der Waals surface area contributed by atoms with Crippen LogP contribution in [0.2, 0.25) is 0 Å². The van der Waals surface area contributed by atoms with E-state index in [-0.39, 0.29) is 20.1 Å². The van der Waals surface area contributed by atoms with Gasteiger partial charge in [0.1, 0.15) is 0 Å². The summed E-state index contributed by atoms with van der Waals surface area (Å²) >= 11 is 0. The monoisotopic (exact) mass is 605 g/mol. The fourth-order valence-corrected chi connectivity index (χ4v) is 3.36. The number of rotatable bonds is 4. The predicted molar refractivity (Wildman–Crippen MR) is 131 cm³/mol. The summed E-state index contributed by atoms with van der Waals surface area (Å²) in [4.78, 5) is 8.61. The number of hydrogen-bond acceptors (Lipinski definition) is 2. The largest absolute Gasteiger partial charge is 0.305 e. The second-order valence-electron chi connectivity index (χ2n) is 7.42. The minimum Gasteiger partial charge on any atom is -0.305 e. The van der Waals surface area contributed by atoms with E-state index >= 15 is 0 Å². The summed E-state index contributed by atoms with van der Waals surface area (Å²) in [6, 6.07) is 40.9. The van der Waals surface area contributed by atoms with Gasteiger partial charge in [0.15, 0.2) is 0 Å². The number of nitrogens with zero attached hydrogens (tertiary/aromatic N) is 2. The Kier molecular flexibility index (Phi) is 9.26. The molecule has 0 aliphatic heterocycles. The molecule has 33 heavy (non-hydrogen) atoms. The smallest absolute Gasteiger partial charge is 0.0160 e. The zero-order chi connectivity index (χ0) is 22.0. The molecule has 0 saturated carbocycles. The van der Waals surface area contributed by atoms with Gasteiger partial charge in [-0.05, 0) is 35.5 Å². The molecule has 0 bridgehead atoms. The Balaban J connectivity index is 0.000000202. The standard InChI is InChI=1S/C19H16N.C11H8N.Ir/c1-15-10-11-17(19-9-5-6-12-20-19)14-18(15)13-16-7-3-2-4-8-16;1-2-6-10(7-3-1)11-8-4-5-9-12-11;/h2-10,12,14H,13H2,1H3;1-6,8-9H;/q2*-1;. The molecule has 2 heterocycles. The van der Waals surface area contributed by atoms with Crippen molar-refractivity contribution in [3.63, 3.8) is 0 Å². The van der Waals surface area contributed by atoms with Crippen molar-refractivity contribution in [1.82, 2.24) is 9.97 Å². The van der Waals surface area contributed by atoms with Gasteiger partial charge in [0.2, 0.25) is 0 Å². The topological polar surface area (TPSA) is 25.8 Å². The Morgan fingerprint density at radius 2 is 1.30 bits per heavy atom. The first kappa shape index (κ1) is 24.3. The van der Waals surface area contributed by atoms with Gasteiger partial charge in [0.05, 0.1) is 0 Å². The molecule has 0 unspecified atom stereocenters. The molecule has 5 rings (SSSR count). The maximum atomic E-state index is 4.40. The molecule has 3 aromatic carbocycles. The molecule has 0 aliphatic rings. The average Bonchev–Trinajstić information content (AvgIpc) is 2.88. The van der Waals surface area contributed by atoms with Crippen LogP contribution in [0.3, 0.4) is 0 Å². The van der Waals surface area contributed by atoms with Crippen molar-refractivity contribution in [2.24, 2.45) is 0 Å². The van der Waals surface area contributed by atoms with Crippen LogP contribution < -0.4 is 0 Å². The maximum Gasteiger partial charge on any atom is 0.0160 e. The number of aryl methyl sites for hydroxylation is 1. The van der Waals surface area contributed by atoms with Crippen molar-refractivity contribution in [3.05, 3.63) is 144 Å². The van der Waals surface area contributed by atoms with Crippen molar-refractivity contribution in [1.29, 1.82) is 0 Å². The Hall–Kier alpha value is -3.39. The van der Waals surface area contributed by atoms with Crippen molar-refractivity contribution in [2.45, 2.75) is 13.3 Å². The second-order valence-corrected chi connectivity index (χ2v) is 7.42. The van der Waals surface area contributed by atoms with Gasteiger partial charge in [0.25, 0.3) is 0 Å². The minimum atomic E-state index is 0. The molecule has 0 atom stereocenters. The normalized spacial score (nSPS) is 9.85. The van der Waals surface area contributed by atoms with E-state index in [0.29, 0.717) is 0 Å². The molecule has 0 amide bonds. The second kappa shape index (κ2) is 12.6. The average molecular weight is 605 g/mol. The van der Waals surface area contributed by atoms with E-state index in [1.54, 1.807) is 6.20 Å². The molecule has 5 aromatic rings. The van der Waals surface area contributed by atoms with Crippen molar-refractivity contribution in [2.75, 3.05) is 0 Å². The van der Waals surface area contributed by atoms with Crippen LogP contribution in [0.25, 0.3) is 22.5 Å². The van der Waals surface area contributed by atoms with Gasteiger partial charge in [-0.1, -0.05) is 61.5 Å². The molecule has 0 spiro atoms. The fourth-order valence-electron chi connectivity index (χ4n) is 3.36. The molecule has 0 aliphatic carbocycles. The van der Waals surface area contributed by atoms with Crippen LogP contribution in [-0.2, 0) is 26.5 Å². The van der Waals surface area contributed by atoms with Gasteiger partial charge >= 0.3 is 0 Å². The summed E-state index contributed by atoms with van der Waals surface area (Å²) in [5.74, 6) is 0. The van der Waals surface area contributed by atoms with Gasteiger partial charge in [-0.2, -0.15) is 0 Å². The predicted octanol–water partition coefficient (Wildman–Crippen LogP) is 6.99. The minimum absolute atomic E-state index is 0. The summed E-state index contributed by atoms with van der Waals surface area (Å²) < 4.78 is 0. The van der Waals surface area contributed by atoms with Crippen LogP contribution in [0.1, 0.15) is 16.7 Å². The van der Waals surface area contributed by atoms with Crippen LogP contribution in [-0.4, -0.2) is 9.97 Å². The van der Waals surface area contributed by atoms with Gasteiger partial charge in [-0.15, -0.1) is 70.8 Å². The molecular formula is C30H24IrN2-2. The molecule has 2 aromatic heterocycles. The van der Waals surface area contributed by atoms with Gasteiger partial charge in [0, 0.05) is 32.5 Å². The first-order chi connectivity index (χ1) is 15.8. The number of hydrogen-bond donors (Lipinski definition) is 0. The first-order valence-corrected chi connectivity index (χ1v) is 10.6. The van der Waals surface area contributed by atoms with Crippen molar-refractivity contribution >= 4 is 0 Å². The number of pyridine rings is 2. The molecule has 3 heteroatoms. The summed E-state index contributed by atoms with van der Waals surface area (Å²) in [5.41, 5.74) is 7.97. The third kappa shape index (κ3) is 7.05. The maximum absolute atomic E-state index is 4.40. The van der Waals surface area contributed by atoms with Gasteiger partial charge < -0.3 is 9.97 Å². The summed E-state index contributed by atoms with van der Waals surface area (Å²) in [7, 11) is 0. The van der Waals surface area contributed by atoms with Crippen molar-refractivity contribution < 1.29 is 20.1 Å². The summed E-state index contributed by atoms with van der Waals surface area (Å²) in [6.45, 7) is 2.14. The van der Waals surface area contributed by atoms with Crippen molar-refractivity contribution in [3.8, 4) is 22.5 Å². The third-order valence-electron chi connectivity index (χ3n) is 5.10. The summed E-state index contributed by atoms with van der Waals surface area (Å²) in [6.07, 6.45) is 4.55. The van der Waals surface area contributed by atoms with Gasteiger partial charge in [-0.25, -0.2) is 0 Å². The SMILES string of the molecule is Cc1c[c-]c(-c2ccccn2)cc1Cc1ccccc1.[Ir].[c-]1ccccc1-c1ccccn1. The Bertz CT molecular complexity index is 1190. The van der Waals surface area contributed by atoms with Crippen LogP contribution in [0, 0.1) is 19.1 Å². The Morgan fingerprint density at radius 3 is 1.91 bits per heavy atom. The van der Waals surface area contributed by atoms with E-state index in [9.17, 15) is 0 Å². The van der Waals surface area contributed by atoms with E-state index in [1.807, 2.05) is 66.9 Å². The molecular weight excluding hydrogens is 581 g/mol. The van der Waals surface area contributed by atoms with E-state index < -0.39 is 0 Å². The van der Waals surface area contributed by atoms with Crippen LogP contribution in [0.5, 0.6) is 0 Å². The zero-order valence-electron chi connectivity index (χ0n) is 18.4. The Morgan fingerprint density at radius 1 is 0.667 bits per heavy atom. The molecule has 0 N–H and O–H groups in total. The number of aromatic nitrogens is 2. The molecule has 0 fully saturated rings. The van der Waals surface area contributed by atoms with E-state index in [1.165, 1.54) is 16.7 Å². The third-order valence-corrected chi connectivity index (χ3v) is 5.10. The fraction of sp³-hybridized carbons (Fsp3) is 0.0667. The molecule has 1 radical (unpaired) electrons. The van der Waals surface area contributed by atoms with E-state index in [0.717, 1.165) is 28.9 Å². The van der Waals surface area contributed by atoms with Crippen LogP contribution >= 0.6 is 0 Å². The molecule has 2 nitrogen and oxygen atoms in total. The van der Waals surface area contributed by atoms with E-state index in [4.69, 9.17) is 0 Å². The Labute approximate surface area is 209 Å². The number of benzene rings is 3. The molecule has 0 saturated heterocycles. The zero-order valence-corrected chi connectivity index (χ0v) is 20.8. The van der Waals surface area contributed by atoms with Gasteiger partial charge in [-0.3, -0.25) is 0 Å². The summed E-state index contributed by atoms with van der Waals surface area (Å²) in [5, 5.41) is 0. The van der Waals surface area contributed by atoms with E-state index in [2.05, 4.69) is 71.5 Å². The molecule has 165 valence electrons.